The van der Waals surface area contributed by atoms with E-state index in [1.165, 1.54) is 17.0 Å². The van der Waals surface area contributed by atoms with Crippen molar-refractivity contribution >= 4 is 17.8 Å². The molecule has 0 saturated carbocycles. The number of benzene rings is 1. The van der Waals surface area contributed by atoms with Gasteiger partial charge in [0, 0.05) is 44.3 Å². The smallest absolute Gasteiger partial charge is 0.475 e. The largest absolute Gasteiger partial charge is 0.490 e. The standard InChI is InChI=1S/C23H27FN4O4.C2HF3O2/c1-14-15(2)22(30)26-25-20(14)12-16-3-4-19(24)18(11-16)23(31)27-7-8-28(21(29)13-27)17-5-9-32-10-6-17;3-2(4,5)1(6)7/h3-4,11,17H,5-10,12-13H2,1-2H3,(H,26,30);(H,6,7). The number of aromatic nitrogens is 2. The lowest BCUT2D eigenvalue weighted by atomic mass is 10.0. The number of hydrogen-bond acceptors (Lipinski definition) is 6. The Kier molecular flexibility index (Phi) is 9.43. The highest BCUT2D eigenvalue weighted by Crippen LogP contribution is 2.21. The van der Waals surface area contributed by atoms with Crippen molar-refractivity contribution < 1.29 is 41.8 Å². The molecule has 2 aliphatic heterocycles. The molecule has 0 radical (unpaired) electrons. The molecule has 39 heavy (non-hydrogen) atoms. The van der Waals surface area contributed by atoms with Crippen molar-refractivity contribution in [2.45, 2.75) is 45.3 Å². The van der Waals surface area contributed by atoms with Crippen LogP contribution in [0.1, 0.15) is 45.6 Å². The highest BCUT2D eigenvalue weighted by atomic mass is 19.4. The van der Waals surface area contributed by atoms with Gasteiger partial charge in [-0.1, -0.05) is 6.07 Å². The molecule has 1 aromatic heterocycles. The number of nitrogens with zero attached hydrogens (tertiary/aromatic N) is 3. The van der Waals surface area contributed by atoms with Crippen LogP contribution in [0.4, 0.5) is 17.6 Å². The highest BCUT2D eigenvalue weighted by Gasteiger charge is 2.38. The lowest BCUT2D eigenvalue weighted by Gasteiger charge is -2.40. The van der Waals surface area contributed by atoms with E-state index in [0.717, 1.165) is 18.4 Å². The minimum atomic E-state index is -5.08. The number of carboxylic acids is 1. The van der Waals surface area contributed by atoms with Crippen LogP contribution in [0.15, 0.2) is 23.0 Å². The zero-order chi connectivity index (χ0) is 28.9. The van der Waals surface area contributed by atoms with Crippen LogP contribution in [0.3, 0.4) is 0 Å². The van der Waals surface area contributed by atoms with E-state index in [2.05, 4.69) is 10.2 Å². The summed E-state index contributed by atoms with van der Waals surface area (Å²) in [4.78, 5) is 49.6. The summed E-state index contributed by atoms with van der Waals surface area (Å²) >= 11 is 0. The molecule has 4 rings (SSSR count). The van der Waals surface area contributed by atoms with Crippen LogP contribution < -0.4 is 5.56 Å². The number of carboxylic acid groups (broad SMARTS) is 1. The molecule has 0 aliphatic carbocycles. The minimum absolute atomic E-state index is 0.0559. The summed E-state index contributed by atoms with van der Waals surface area (Å²) in [6.07, 6.45) is -3.14. The minimum Gasteiger partial charge on any atom is -0.475 e. The SMILES string of the molecule is Cc1c(Cc2ccc(F)c(C(=O)N3CCN(C4CCOCC4)C(=O)C3)c2)n[nH]c(=O)c1C.O=C(O)C(F)(F)F. The van der Waals surface area contributed by atoms with Crippen molar-refractivity contribution in [1.82, 2.24) is 20.0 Å². The Balaban J connectivity index is 0.000000532. The Bertz CT molecular complexity index is 1290. The van der Waals surface area contributed by atoms with Gasteiger partial charge in [-0.05, 0) is 49.9 Å². The Morgan fingerprint density at radius 2 is 1.77 bits per heavy atom. The van der Waals surface area contributed by atoms with Gasteiger partial charge in [-0.3, -0.25) is 14.4 Å². The zero-order valence-corrected chi connectivity index (χ0v) is 21.3. The first-order valence-corrected chi connectivity index (χ1v) is 12.1. The van der Waals surface area contributed by atoms with Gasteiger partial charge in [0.25, 0.3) is 11.5 Å². The second-order valence-electron chi connectivity index (χ2n) is 9.20. The number of amides is 2. The van der Waals surface area contributed by atoms with E-state index in [0.29, 0.717) is 49.5 Å². The molecule has 2 N–H and O–H groups in total. The molecule has 14 heteroatoms. The highest BCUT2D eigenvalue weighted by molar-refractivity contribution is 5.97. The van der Waals surface area contributed by atoms with Gasteiger partial charge >= 0.3 is 12.1 Å². The van der Waals surface area contributed by atoms with Crippen LogP contribution in [0.5, 0.6) is 0 Å². The first kappa shape index (κ1) is 29.7. The van der Waals surface area contributed by atoms with Crippen LogP contribution in [0.2, 0.25) is 0 Å². The molecule has 2 fully saturated rings. The summed E-state index contributed by atoms with van der Waals surface area (Å²) in [6, 6.07) is 4.51. The van der Waals surface area contributed by atoms with Crippen molar-refractivity contribution in [2.24, 2.45) is 0 Å². The van der Waals surface area contributed by atoms with Crippen molar-refractivity contribution in [3.8, 4) is 0 Å². The number of rotatable bonds is 4. The Morgan fingerprint density at radius 3 is 2.36 bits per heavy atom. The number of halogens is 4. The molecule has 3 heterocycles. The number of carbonyl (C=O) groups is 3. The van der Waals surface area contributed by atoms with E-state index in [-0.39, 0.29) is 29.6 Å². The van der Waals surface area contributed by atoms with Crippen molar-refractivity contribution in [3.63, 3.8) is 0 Å². The molecule has 2 aromatic rings. The number of alkyl halides is 3. The Hall–Kier alpha value is -3.81. The fraction of sp³-hybridized carbons (Fsp3) is 0.480. The van der Waals surface area contributed by atoms with Crippen LogP contribution in [0.25, 0.3) is 0 Å². The third-order valence-electron chi connectivity index (χ3n) is 6.68. The maximum absolute atomic E-state index is 14.6. The number of aliphatic carboxylic acids is 1. The monoisotopic (exact) mass is 556 g/mol. The maximum atomic E-state index is 14.6. The first-order valence-electron chi connectivity index (χ1n) is 12.1. The summed E-state index contributed by atoms with van der Waals surface area (Å²) in [5.41, 5.74) is 2.39. The summed E-state index contributed by atoms with van der Waals surface area (Å²) in [5, 5.41) is 13.7. The third kappa shape index (κ3) is 7.40. The third-order valence-corrected chi connectivity index (χ3v) is 6.68. The number of hydrogen-bond donors (Lipinski definition) is 2. The maximum Gasteiger partial charge on any atom is 0.490 e. The number of carbonyl (C=O) groups excluding carboxylic acids is 2. The quantitative estimate of drug-likeness (QED) is 0.552. The van der Waals surface area contributed by atoms with Gasteiger partial charge in [-0.15, -0.1) is 0 Å². The van der Waals surface area contributed by atoms with Gasteiger partial charge in [0.05, 0.1) is 11.3 Å². The van der Waals surface area contributed by atoms with Crippen LogP contribution in [-0.2, 0) is 20.7 Å². The summed E-state index contributed by atoms with van der Waals surface area (Å²) < 4.78 is 51.7. The fourth-order valence-electron chi connectivity index (χ4n) is 4.30. The molecule has 10 nitrogen and oxygen atoms in total. The van der Waals surface area contributed by atoms with Gasteiger partial charge in [0.1, 0.15) is 12.4 Å². The zero-order valence-electron chi connectivity index (χ0n) is 21.3. The topological polar surface area (TPSA) is 133 Å². The van der Waals surface area contributed by atoms with E-state index in [1.54, 1.807) is 13.0 Å². The fourth-order valence-corrected chi connectivity index (χ4v) is 4.30. The van der Waals surface area contributed by atoms with Crippen LogP contribution in [0, 0.1) is 19.7 Å². The molecule has 0 spiro atoms. The first-order chi connectivity index (χ1) is 18.3. The number of piperazine rings is 1. The molecular formula is C25H28F4N4O6. The molecule has 212 valence electrons. The van der Waals surface area contributed by atoms with Gasteiger partial charge in [0.15, 0.2) is 0 Å². The Labute approximate surface area is 220 Å². The summed E-state index contributed by atoms with van der Waals surface area (Å²) in [7, 11) is 0. The lowest BCUT2D eigenvalue weighted by molar-refractivity contribution is -0.192. The van der Waals surface area contributed by atoms with Gasteiger partial charge in [0.2, 0.25) is 5.91 Å². The van der Waals surface area contributed by atoms with E-state index in [1.807, 2.05) is 11.8 Å². The average molecular weight is 557 g/mol. The van der Waals surface area contributed by atoms with Crippen LogP contribution >= 0.6 is 0 Å². The number of aromatic amines is 1. The molecule has 0 unspecified atom stereocenters. The molecule has 0 atom stereocenters. The van der Waals surface area contributed by atoms with Crippen LogP contribution in [-0.4, -0.2) is 88.0 Å². The molecule has 1 aromatic carbocycles. The van der Waals surface area contributed by atoms with Crippen molar-refractivity contribution in [2.75, 3.05) is 32.8 Å². The number of nitrogens with one attached hydrogen (secondary N) is 1. The second-order valence-corrected chi connectivity index (χ2v) is 9.20. The predicted molar refractivity (Wildman–Crippen MR) is 129 cm³/mol. The van der Waals surface area contributed by atoms with Crippen molar-refractivity contribution in [3.05, 3.63) is 62.3 Å². The summed E-state index contributed by atoms with van der Waals surface area (Å²) in [6.45, 7) is 5.56. The number of H-pyrrole nitrogens is 1. The normalized spacial score (nSPS) is 16.5. The molecule has 2 amide bonds. The lowest BCUT2D eigenvalue weighted by Crippen LogP contribution is -2.56. The van der Waals surface area contributed by atoms with E-state index in [9.17, 15) is 31.9 Å². The van der Waals surface area contributed by atoms with Gasteiger partial charge in [-0.25, -0.2) is 14.3 Å². The van der Waals surface area contributed by atoms with Crippen molar-refractivity contribution in [1.29, 1.82) is 0 Å². The second kappa shape index (κ2) is 12.4. The molecular weight excluding hydrogens is 528 g/mol. The molecule has 2 saturated heterocycles. The van der Waals surface area contributed by atoms with E-state index >= 15 is 0 Å². The molecule has 2 aliphatic rings. The molecule has 0 bridgehead atoms. The van der Waals surface area contributed by atoms with E-state index < -0.39 is 23.9 Å². The van der Waals surface area contributed by atoms with Gasteiger partial charge < -0.3 is 19.6 Å². The van der Waals surface area contributed by atoms with Gasteiger partial charge in [-0.2, -0.15) is 18.3 Å². The Morgan fingerprint density at radius 1 is 1.13 bits per heavy atom. The average Bonchev–Trinajstić information content (AvgIpc) is 2.90. The number of ether oxygens (including phenoxy) is 1. The summed E-state index contributed by atoms with van der Waals surface area (Å²) in [5.74, 6) is -3.99. The van der Waals surface area contributed by atoms with E-state index in [4.69, 9.17) is 14.6 Å². The predicted octanol–water partition coefficient (Wildman–Crippen LogP) is 2.21.